The Hall–Kier alpha value is -1.39. The molecule has 0 aliphatic carbocycles. The summed E-state index contributed by atoms with van der Waals surface area (Å²) in [6, 6.07) is 8.31. The van der Waals surface area contributed by atoms with E-state index in [1.54, 1.807) is 12.0 Å². The number of nitrogens with zero attached hydrogens (tertiary/aromatic N) is 1. The average Bonchev–Trinajstić information content (AvgIpc) is 2.54. The van der Waals surface area contributed by atoms with Gasteiger partial charge in [0.05, 0.1) is 12.0 Å². The van der Waals surface area contributed by atoms with E-state index in [-0.39, 0.29) is 11.3 Å². The van der Waals surface area contributed by atoms with Crippen LogP contribution in [-0.2, 0) is 14.9 Å². The van der Waals surface area contributed by atoms with Crippen LogP contribution in [0, 0.1) is 5.41 Å². The van der Waals surface area contributed by atoms with Crippen molar-refractivity contribution in [3.05, 3.63) is 29.8 Å². The number of piperidine rings is 1. The molecule has 4 nitrogen and oxygen atoms in total. The second-order valence-corrected chi connectivity index (χ2v) is 7.62. The summed E-state index contributed by atoms with van der Waals surface area (Å²) in [6.45, 7) is 8.80. The summed E-state index contributed by atoms with van der Waals surface area (Å²) in [5.74, 6) is 0.157. The second-order valence-electron chi connectivity index (χ2n) is 7.62. The molecule has 23 heavy (non-hydrogen) atoms. The Kier molecular flexibility index (Phi) is 5.48. The maximum Gasteiger partial charge on any atom is 0.235 e. The first-order chi connectivity index (χ1) is 10.8. The summed E-state index contributed by atoms with van der Waals surface area (Å²) in [7, 11) is 3.54. The summed E-state index contributed by atoms with van der Waals surface area (Å²) in [5.41, 5.74) is 1.93. The van der Waals surface area contributed by atoms with Crippen molar-refractivity contribution in [3.8, 4) is 0 Å². The molecule has 0 bridgehead atoms. The van der Waals surface area contributed by atoms with Crippen LogP contribution in [0.2, 0.25) is 0 Å². The van der Waals surface area contributed by atoms with E-state index in [1.807, 2.05) is 19.2 Å². The smallest absolute Gasteiger partial charge is 0.235 e. The first kappa shape index (κ1) is 18.0. The molecule has 1 N–H and O–H groups in total. The van der Waals surface area contributed by atoms with Gasteiger partial charge in [-0.15, -0.1) is 0 Å². The molecular formula is C19H30N2O2. The van der Waals surface area contributed by atoms with Crippen molar-refractivity contribution in [1.29, 1.82) is 0 Å². The molecule has 1 amide bonds. The third kappa shape index (κ3) is 3.93. The molecule has 1 aliphatic rings. The molecule has 1 aromatic rings. The largest absolute Gasteiger partial charge is 0.384 e. The number of anilines is 1. The fraction of sp³-hybridized carbons (Fsp3) is 0.632. The lowest BCUT2D eigenvalue weighted by atomic mass is 9.78. The normalized spacial score (nSPS) is 17.8. The van der Waals surface area contributed by atoms with Gasteiger partial charge < -0.3 is 15.0 Å². The topological polar surface area (TPSA) is 41.6 Å². The molecule has 0 saturated carbocycles. The minimum atomic E-state index is -0.405. The monoisotopic (exact) mass is 318 g/mol. The van der Waals surface area contributed by atoms with Gasteiger partial charge >= 0.3 is 0 Å². The van der Waals surface area contributed by atoms with E-state index in [9.17, 15) is 4.79 Å². The van der Waals surface area contributed by atoms with Crippen molar-refractivity contribution in [2.24, 2.45) is 5.41 Å². The molecule has 0 unspecified atom stereocenters. The Labute approximate surface area is 140 Å². The molecule has 0 spiro atoms. The van der Waals surface area contributed by atoms with Crippen LogP contribution < -0.4 is 10.2 Å². The minimum Gasteiger partial charge on any atom is -0.384 e. The molecule has 128 valence electrons. The van der Waals surface area contributed by atoms with E-state index >= 15 is 0 Å². The van der Waals surface area contributed by atoms with Crippen LogP contribution in [0.4, 0.5) is 5.69 Å². The third-order valence-corrected chi connectivity index (χ3v) is 4.86. The molecule has 2 rings (SSSR count). The molecule has 1 heterocycles. The van der Waals surface area contributed by atoms with E-state index in [1.165, 1.54) is 5.56 Å². The van der Waals surface area contributed by atoms with Gasteiger partial charge in [-0.1, -0.05) is 32.9 Å². The van der Waals surface area contributed by atoms with Crippen LogP contribution in [0.25, 0.3) is 0 Å². The number of carbonyl (C=O) groups is 1. The lowest BCUT2D eigenvalue weighted by Crippen LogP contribution is -2.50. The lowest BCUT2D eigenvalue weighted by Gasteiger charge is -2.38. The van der Waals surface area contributed by atoms with Crippen molar-refractivity contribution in [3.63, 3.8) is 0 Å². The highest BCUT2D eigenvalue weighted by atomic mass is 16.5. The number of methoxy groups -OCH3 is 1. The quantitative estimate of drug-likeness (QED) is 0.928. The second kappa shape index (κ2) is 7.02. The highest BCUT2D eigenvalue weighted by molar-refractivity contribution is 5.97. The van der Waals surface area contributed by atoms with Crippen molar-refractivity contribution >= 4 is 11.6 Å². The number of nitrogens with one attached hydrogen (secondary N) is 1. The van der Waals surface area contributed by atoms with Gasteiger partial charge in [0.15, 0.2) is 0 Å². The predicted octanol–water partition coefficient (Wildman–Crippen LogP) is 2.96. The molecule has 0 radical (unpaired) electrons. The summed E-state index contributed by atoms with van der Waals surface area (Å²) < 4.78 is 5.38. The van der Waals surface area contributed by atoms with Crippen LogP contribution in [0.5, 0.6) is 0 Å². The van der Waals surface area contributed by atoms with Crippen molar-refractivity contribution in [1.82, 2.24) is 5.32 Å². The molecule has 1 saturated heterocycles. The maximum absolute atomic E-state index is 13.1. The number of hydrogen-bond donors (Lipinski definition) is 1. The predicted molar refractivity (Wildman–Crippen MR) is 95.0 cm³/mol. The number of amides is 1. The SMILES string of the molecule is COCC1(C(=O)N(C)c2ccc(C(C)(C)C)cc2)CCNCC1. The van der Waals surface area contributed by atoms with E-state index in [4.69, 9.17) is 4.74 Å². The Bertz CT molecular complexity index is 520. The highest BCUT2D eigenvalue weighted by Crippen LogP contribution is 2.33. The zero-order valence-electron chi connectivity index (χ0n) is 15.1. The van der Waals surface area contributed by atoms with Gasteiger partial charge in [-0.05, 0) is 49.0 Å². The van der Waals surface area contributed by atoms with Gasteiger partial charge in [-0.2, -0.15) is 0 Å². The summed E-state index contributed by atoms with van der Waals surface area (Å²) in [4.78, 5) is 14.9. The Balaban J connectivity index is 2.20. The fourth-order valence-corrected chi connectivity index (χ4v) is 3.26. The first-order valence-electron chi connectivity index (χ1n) is 8.38. The number of carbonyl (C=O) groups excluding carboxylic acids is 1. The molecular weight excluding hydrogens is 288 g/mol. The van der Waals surface area contributed by atoms with Crippen LogP contribution in [0.15, 0.2) is 24.3 Å². The molecule has 1 fully saturated rings. The highest BCUT2D eigenvalue weighted by Gasteiger charge is 2.41. The van der Waals surface area contributed by atoms with Crippen molar-refractivity contribution in [2.75, 3.05) is 38.8 Å². The molecule has 1 aliphatic heterocycles. The Morgan fingerprint density at radius 1 is 1.22 bits per heavy atom. The van der Waals surface area contributed by atoms with Crippen LogP contribution in [0.3, 0.4) is 0 Å². The van der Waals surface area contributed by atoms with Crippen LogP contribution in [-0.4, -0.2) is 39.8 Å². The summed E-state index contributed by atoms with van der Waals surface area (Å²) >= 11 is 0. The number of hydrogen-bond acceptors (Lipinski definition) is 3. The lowest BCUT2D eigenvalue weighted by molar-refractivity contribution is -0.133. The average molecular weight is 318 g/mol. The van der Waals surface area contributed by atoms with E-state index < -0.39 is 5.41 Å². The van der Waals surface area contributed by atoms with E-state index in [2.05, 4.69) is 38.2 Å². The molecule has 4 heteroatoms. The van der Waals surface area contributed by atoms with Gasteiger partial charge in [0, 0.05) is 19.8 Å². The standard InChI is InChI=1S/C19H30N2O2/c1-18(2,3)15-6-8-16(9-7-15)21(4)17(22)19(14-23-5)10-12-20-13-11-19/h6-9,20H,10-14H2,1-5H3. The van der Waals surface area contributed by atoms with E-state index in [0.29, 0.717) is 6.61 Å². The summed E-state index contributed by atoms with van der Waals surface area (Å²) in [6.07, 6.45) is 1.65. The Morgan fingerprint density at radius 2 is 1.78 bits per heavy atom. The number of benzene rings is 1. The van der Waals surface area contributed by atoms with Gasteiger partial charge in [-0.25, -0.2) is 0 Å². The van der Waals surface area contributed by atoms with Crippen LogP contribution in [0.1, 0.15) is 39.2 Å². The summed E-state index contributed by atoms with van der Waals surface area (Å²) in [5, 5.41) is 3.33. The Morgan fingerprint density at radius 3 is 2.26 bits per heavy atom. The van der Waals surface area contributed by atoms with Gasteiger partial charge in [0.2, 0.25) is 5.91 Å². The van der Waals surface area contributed by atoms with Gasteiger partial charge in [0.1, 0.15) is 0 Å². The zero-order valence-corrected chi connectivity index (χ0v) is 15.1. The fourth-order valence-electron chi connectivity index (χ4n) is 3.26. The van der Waals surface area contributed by atoms with Crippen LogP contribution >= 0.6 is 0 Å². The van der Waals surface area contributed by atoms with Crippen molar-refractivity contribution < 1.29 is 9.53 Å². The zero-order chi connectivity index (χ0) is 17.1. The minimum absolute atomic E-state index is 0.118. The number of ether oxygens (including phenoxy) is 1. The first-order valence-corrected chi connectivity index (χ1v) is 8.38. The van der Waals surface area contributed by atoms with E-state index in [0.717, 1.165) is 31.6 Å². The maximum atomic E-state index is 13.1. The molecule has 1 aromatic carbocycles. The molecule has 0 atom stereocenters. The number of rotatable bonds is 4. The third-order valence-electron chi connectivity index (χ3n) is 4.86. The van der Waals surface area contributed by atoms with Gasteiger partial charge in [-0.3, -0.25) is 4.79 Å². The molecule has 0 aromatic heterocycles. The van der Waals surface area contributed by atoms with Crippen molar-refractivity contribution in [2.45, 2.75) is 39.0 Å². The van der Waals surface area contributed by atoms with Gasteiger partial charge in [0.25, 0.3) is 0 Å².